The predicted molar refractivity (Wildman–Crippen MR) is 231 cm³/mol. The van der Waals surface area contributed by atoms with E-state index in [-0.39, 0.29) is 19.1 Å². The number of rotatable bonds is 40. The number of phosphoric acid groups is 1. The lowest BCUT2D eigenvalue weighted by Crippen LogP contribution is -2.45. The van der Waals surface area contributed by atoms with Gasteiger partial charge in [-0.2, -0.15) is 0 Å². The van der Waals surface area contributed by atoms with E-state index in [1.54, 1.807) is 6.08 Å². The van der Waals surface area contributed by atoms with Gasteiger partial charge < -0.3 is 19.8 Å². The first-order chi connectivity index (χ1) is 26.0. The first-order valence-corrected chi connectivity index (χ1v) is 23.9. The summed E-state index contributed by atoms with van der Waals surface area (Å²) in [5, 5.41) is 13.7. The molecular weight excluding hydrogens is 695 g/mol. The van der Waals surface area contributed by atoms with Gasteiger partial charge >= 0.3 is 7.82 Å². The van der Waals surface area contributed by atoms with Gasteiger partial charge in [-0.15, -0.1) is 0 Å². The van der Waals surface area contributed by atoms with Crippen molar-refractivity contribution in [1.29, 1.82) is 0 Å². The molecule has 8 nitrogen and oxygen atoms in total. The van der Waals surface area contributed by atoms with E-state index < -0.39 is 20.0 Å². The van der Waals surface area contributed by atoms with E-state index in [2.05, 4.69) is 43.5 Å². The summed E-state index contributed by atoms with van der Waals surface area (Å²) in [7, 11) is 1.54. The van der Waals surface area contributed by atoms with E-state index in [0.717, 1.165) is 32.1 Å². The number of carbonyl (C=O) groups excluding carboxylic acids is 1. The zero-order valence-corrected chi connectivity index (χ0v) is 36.9. The van der Waals surface area contributed by atoms with Crippen molar-refractivity contribution in [2.75, 3.05) is 40.9 Å². The smallest absolute Gasteiger partial charge is 0.387 e. The third-order valence-electron chi connectivity index (χ3n) is 9.83. The molecule has 0 heterocycles. The molecule has 0 saturated heterocycles. The van der Waals surface area contributed by atoms with E-state index in [9.17, 15) is 19.4 Å². The van der Waals surface area contributed by atoms with Gasteiger partial charge in [0.25, 0.3) is 0 Å². The number of nitrogens with zero attached hydrogens (tertiary/aromatic N) is 1. The van der Waals surface area contributed by atoms with Gasteiger partial charge in [-0.05, 0) is 51.4 Å². The Morgan fingerprint density at radius 1 is 0.611 bits per heavy atom. The van der Waals surface area contributed by atoms with Crippen molar-refractivity contribution in [2.45, 2.75) is 206 Å². The van der Waals surface area contributed by atoms with Gasteiger partial charge in [0.15, 0.2) is 0 Å². The zero-order chi connectivity index (χ0) is 40.0. The first kappa shape index (κ1) is 52.7. The molecule has 0 fully saturated rings. The summed E-state index contributed by atoms with van der Waals surface area (Å²) in [6.45, 7) is 4.73. The number of likely N-dealkylation sites (N-methyl/N-ethyl adjacent to an activating group) is 1. The Labute approximate surface area is 334 Å². The maximum atomic E-state index is 12.7. The maximum Gasteiger partial charge on any atom is 0.472 e. The van der Waals surface area contributed by atoms with Crippen LogP contribution in [0.25, 0.3) is 0 Å². The number of quaternary nitrogens is 1. The van der Waals surface area contributed by atoms with Crippen molar-refractivity contribution < 1.29 is 32.9 Å². The fourth-order valence-corrected chi connectivity index (χ4v) is 6.97. The molecule has 0 saturated carbocycles. The van der Waals surface area contributed by atoms with Gasteiger partial charge in [0, 0.05) is 6.42 Å². The Hall–Kier alpha value is -1.28. The normalized spacial score (nSPS) is 14.7. The molecule has 0 aliphatic carbocycles. The predicted octanol–water partition coefficient (Wildman–Crippen LogP) is 12.3. The molecule has 0 rings (SSSR count). The Balaban J connectivity index is 4.34. The quantitative estimate of drug-likeness (QED) is 0.0247. The van der Waals surface area contributed by atoms with Gasteiger partial charge in [0.05, 0.1) is 39.9 Å². The van der Waals surface area contributed by atoms with Crippen LogP contribution >= 0.6 is 7.82 Å². The molecular formula is C45H88N2O6P+. The van der Waals surface area contributed by atoms with Crippen molar-refractivity contribution in [2.24, 2.45) is 0 Å². The molecule has 0 aliphatic heterocycles. The number of allylic oxidation sites excluding steroid dienone is 5. The number of nitrogens with one attached hydrogen (secondary N) is 1. The molecule has 0 radical (unpaired) electrons. The van der Waals surface area contributed by atoms with E-state index in [1.165, 1.54) is 135 Å². The number of aliphatic hydroxyl groups is 1. The van der Waals surface area contributed by atoms with Crippen LogP contribution in [0.4, 0.5) is 0 Å². The summed E-state index contributed by atoms with van der Waals surface area (Å²) >= 11 is 0. The van der Waals surface area contributed by atoms with Crippen LogP contribution in [0.3, 0.4) is 0 Å². The Kier molecular flexibility index (Phi) is 36.4. The second-order valence-corrected chi connectivity index (χ2v) is 17.9. The second kappa shape index (κ2) is 37.3. The summed E-state index contributed by atoms with van der Waals surface area (Å²) < 4.78 is 23.4. The summed E-state index contributed by atoms with van der Waals surface area (Å²) in [4.78, 5) is 23.0. The second-order valence-electron chi connectivity index (χ2n) is 16.4. The molecule has 0 aromatic heterocycles. The molecule has 0 aromatic carbocycles. The number of hydrogen-bond donors (Lipinski definition) is 3. The largest absolute Gasteiger partial charge is 0.472 e. The van der Waals surface area contributed by atoms with Gasteiger partial charge in [0.2, 0.25) is 5.91 Å². The summed E-state index contributed by atoms with van der Waals surface area (Å²) in [6.07, 6.45) is 45.3. The molecule has 1 amide bonds. The molecule has 9 heteroatoms. The average Bonchev–Trinajstić information content (AvgIpc) is 3.12. The van der Waals surface area contributed by atoms with Crippen LogP contribution in [-0.4, -0.2) is 73.4 Å². The van der Waals surface area contributed by atoms with Crippen LogP contribution in [0.1, 0.15) is 194 Å². The lowest BCUT2D eigenvalue weighted by atomic mass is 10.0. The number of hydrogen-bond acceptors (Lipinski definition) is 5. The third kappa shape index (κ3) is 39.0. The van der Waals surface area contributed by atoms with E-state index in [0.29, 0.717) is 23.9 Å². The van der Waals surface area contributed by atoms with Crippen LogP contribution < -0.4 is 5.32 Å². The van der Waals surface area contributed by atoms with Crippen LogP contribution in [0.2, 0.25) is 0 Å². The number of aliphatic hydroxyl groups excluding tert-OH is 1. The highest BCUT2D eigenvalue weighted by Crippen LogP contribution is 2.43. The number of carbonyl (C=O) groups is 1. The molecule has 0 bridgehead atoms. The van der Waals surface area contributed by atoms with Crippen LogP contribution in [0.15, 0.2) is 36.5 Å². The Bertz CT molecular complexity index is 980. The molecule has 3 N–H and O–H groups in total. The van der Waals surface area contributed by atoms with Crippen LogP contribution in [-0.2, 0) is 18.4 Å². The minimum atomic E-state index is -4.35. The molecule has 0 aromatic rings. The third-order valence-corrected chi connectivity index (χ3v) is 10.8. The van der Waals surface area contributed by atoms with Crippen molar-refractivity contribution in [3.63, 3.8) is 0 Å². The minimum absolute atomic E-state index is 0.0515. The molecule has 3 atom stereocenters. The van der Waals surface area contributed by atoms with E-state index >= 15 is 0 Å². The Morgan fingerprint density at radius 2 is 1.02 bits per heavy atom. The van der Waals surface area contributed by atoms with E-state index in [4.69, 9.17) is 9.05 Å². The highest BCUT2D eigenvalue weighted by molar-refractivity contribution is 7.47. The summed E-state index contributed by atoms with van der Waals surface area (Å²) in [6, 6.07) is -0.874. The SMILES string of the molecule is CCCCCC/C=C\CCCC(=O)NC(COP(=O)(O)OCC[N+](C)(C)C)C(O)/C=C/CC/C=C/CCCCCCCCCCCCCCCCCCC. The summed E-state index contributed by atoms with van der Waals surface area (Å²) in [5.74, 6) is -0.224. The zero-order valence-electron chi connectivity index (χ0n) is 36.0. The average molecular weight is 784 g/mol. The van der Waals surface area contributed by atoms with Crippen molar-refractivity contribution in [1.82, 2.24) is 5.32 Å². The van der Waals surface area contributed by atoms with Gasteiger partial charge in [0.1, 0.15) is 13.2 Å². The van der Waals surface area contributed by atoms with Crippen molar-refractivity contribution in [3.8, 4) is 0 Å². The highest BCUT2D eigenvalue weighted by atomic mass is 31.2. The van der Waals surface area contributed by atoms with Crippen molar-refractivity contribution >= 4 is 13.7 Å². The van der Waals surface area contributed by atoms with Gasteiger partial charge in [-0.1, -0.05) is 172 Å². The molecule has 0 spiro atoms. The minimum Gasteiger partial charge on any atom is -0.387 e. The number of amides is 1. The topological polar surface area (TPSA) is 105 Å². The first-order valence-electron chi connectivity index (χ1n) is 22.4. The fraction of sp³-hybridized carbons (Fsp3) is 0.844. The monoisotopic (exact) mass is 784 g/mol. The van der Waals surface area contributed by atoms with Gasteiger partial charge in [-0.25, -0.2) is 4.57 Å². The maximum absolute atomic E-state index is 12.7. The number of unbranched alkanes of at least 4 members (excludes halogenated alkanes) is 23. The highest BCUT2D eigenvalue weighted by Gasteiger charge is 2.27. The summed E-state index contributed by atoms with van der Waals surface area (Å²) in [5.41, 5.74) is 0. The van der Waals surface area contributed by atoms with Crippen LogP contribution in [0.5, 0.6) is 0 Å². The van der Waals surface area contributed by atoms with Gasteiger partial charge in [-0.3, -0.25) is 13.8 Å². The molecule has 3 unspecified atom stereocenters. The molecule has 0 aliphatic rings. The standard InChI is InChI=1S/C45H87N2O6P/c1-6-8-10-12-14-16-17-18-19-20-21-22-23-24-25-26-27-28-29-31-32-34-36-38-44(48)43(42-53-54(50,51)52-41-40-47(3,4)5)46-45(49)39-37-35-33-30-15-13-11-9-7-2/h29-31,33,36,38,43-44,48H,6-28,32,34-35,37,39-42H2,1-5H3,(H-,46,49,50,51)/p+1/b31-29+,33-30-,38-36+. The molecule has 318 valence electrons. The van der Waals surface area contributed by atoms with Crippen molar-refractivity contribution in [3.05, 3.63) is 36.5 Å². The molecule has 54 heavy (non-hydrogen) atoms. The lowest BCUT2D eigenvalue weighted by Gasteiger charge is -2.25. The lowest BCUT2D eigenvalue weighted by molar-refractivity contribution is -0.870. The van der Waals surface area contributed by atoms with E-state index in [1.807, 2.05) is 27.2 Å². The number of phosphoric ester groups is 1. The fourth-order valence-electron chi connectivity index (χ4n) is 6.24. The Morgan fingerprint density at radius 3 is 1.50 bits per heavy atom. The van der Waals surface area contributed by atoms with Crippen LogP contribution in [0, 0.1) is 0 Å².